The van der Waals surface area contributed by atoms with Crippen LogP contribution >= 0.6 is 11.6 Å². The maximum absolute atomic E-state index is 12.8. The molecule has 0 amide bonds. The highest BCUT2D eigenvalue weighted by molar-refractivity contribution is 6.30. The van der Waals surface area contributed by atoms with Gasteiger partial charge in [0, 0.05) is 22.7 Å². The number of hydrogen-bond acceptors (Lipinski definition) is 5. The number of carbonyl (C=O) groups is 1. The molecule has 0 saturated carbocycles. The molecule has 0 radical (unpaired) electrons. The Morgan fingerprint density at radius 3 is 2.24 bits per heavy atom. The maximum Gasteiger partial charge on any atom is 0.269 e. The predicted octanol–water partition coefficient (Wildman–Crippen LogP) is 4.32. The van der Waals surface area contributed by atoms with Crippen molar-refractivity contribution in [2.45, 2.75) is 31.8 Å². The number of ether oxygens (including phenoxy) is 2. The van der Waals surface area contributed by atoms with Crippen molar-refractivity contribution in [1.29, 1.82) is 0 Å². The van der Waals surface area contributed by atoms with E-state index in [-0.39, 0.29) is 11.5 Å². The van der Waals surface area contributed by atoms with Crippen molar-refractivity contribution in [3.8, 4) is 0 Å². The molecule has 6 nitrogen and oxygen atoms in total. The molecule has 2 aromatic rings. The topological polar surface area (TPSA) is 78.7 Å². The van der Waals surface area contributed by atoms with Crippen LogP contribution in [0.1, 0.15) is 35.9 Å². The number of Topliss-reactive ketones (excluding diaryl/α,β-unsaturated/α-hetero) is 1. The molecule has 2 aromatic carbocycles. The van der Waals surface area contributed by atoms with E-state index in [1.165, 1.54) is 12.1 Å². The highest BCUT2D eigenvalue weighted by atomic mass is 35.5. The predicted molar refractivity (Wildman–Crippen MR) is 91.7 cm³/mol. The average molecular weight is 362 g/mol. The first-order valence-corrected chi connectivity index (χ1v) is 8.04. The van der Waals surface area contributed by atoms with Gasteiger partial charge in [0.05, 0.1) is 4.92 Å². The van der Waals surface area contributed by atoms with Gasteiger partial charge in [-0.2, -0.15) is 0 Å². The third-order valence-corrected chi connectivity index (χ3v) is 4.17. The van der Waals surface area contributed by atoms with Crippen LogP contribution in [0.2, 0.25) is 5.02 Å². The van der Waals surface area contributed by atoms with Crippen molar-refractivity contribution in [2.24, 2.45) is 0 Å². The fourth-order valence-corrected chi connectivity index (χ4v) is 2.89. The molecule has 1 aliphatic rings. The second kappa shape index (κ2) is 6.55. The Hall–Kier alpha value is -2.28. The minimum absolute atomic E-state index is 0.0255. The van der Waals surface area contributed by atoms with Crippen LogP contribution in [0.15, 0.2) is 48.5 Å². The zero-order valence-electron chi connectivity index (χ0n) is 13.6. The number of hydrogen-bond donors (Lipinski definition) is 0. The van der Waals surface area contributed by atoms with E-state index in [1.54, 1.807) is 50.2 Å². The molecule has 25 heavy (non-hydrogen) atoms. The molecule has 7 heteroatoms. The Morgan fingerprint density at radius 2 is 1.68 bits per heavy atom. The molecule has 0 aromatic heterocycles. The van der Waals surface area contributed by atoms with Crippen molar-refractivity contribution in [3.63, 3.8) is 0 Å². The van der Waals surface area contributed by atoms with Gasteiger partial charge in [-0.05, 0) is 55.8 Å². The SMILES string of the molecule is CC1(C)O[C@H](C(=O)c2ccc(Cl)cc2)[C@H](c2ccc([N+](=O)[O-])cc2)O1. The van der Waals surface area contributed by atoms with Crippen LogP contribution in [0.4, 0.5) is 5.69 Å². The fourth-order valence-electron chi connectivity index (χ4n) is 2.76. The average Bonchev–Trinajstić information content (AvgIpc) is 2.91. The van der Waals surface area contributed by atoms with E-state index in [9.17, 15) is 14.9 Å². The first-order chi connectivity index (χ1) is 11.8. The number of carbonyl (C=O) groups excluding carboxylic acids is 1. The molecule has 1 aliphatic heterocycles. The van der Waals surface area contributed by atoms with E-state index in [1.807, 2.05) is 0 Å². The quantitative estimate of drug-likeness (QED) is 0.460. The van der Waals surface area contributed by atoms with Crippen molar-refractivity contribution in [2.75, 3.05) is 0 Å². The highest BCUT2D eigenvalue weighted by Crippen LogP contribution is 2.40. The minimum atomic E-state index is -0.945. The second-order valence-electron chi connectivity index (χ2n) is 6.20. The Labute approximate surface area is 149 Å². The van der Waals surface area contributed by atoms with E-state index in [2.05, 4.69) is 0 Å². The molecule has 0 aliphatic carbocycles. The molecule has 1 heterocycles. The van der Waals surface area contributed by atoms with Gasteiger partial charge in [-0.1, -0.05) is 11.6 Å². The van der Waals surface area contributed by atoms with E-state index >= 15 is 0 Å². The van der Waals surface area contributed by atoms with Crippen LogP contribution in [0.25, 0.3) is 0 Å². The molecule has 1 fully saturated rings. The molecular formula is C18H16ClNO5. The van der Waals surface area contributed by atoms with Crippen LogP contribution in [-0.4, -0.2) is 22.6 Å². The van der Waals surface area contributed by atoms with Crippen molar-refractivity contribution in [1.82, 2.24) is 0 Å². The lowest BCUT2D eigenvalue weighted by molar-refractivity contribution is -0.384. The van der Waals surface area contributed by atoms with Gasteiger partial charge in [0.15, 0.2) is 17.7 Å². The summed E-state index contributed by atoms with van der Waals surface area (Å²) in [4.78, 5) is 23.2. The number of halogens is 1. The van der Waals surface area contributed by atoms with Gasteiger partial charge in [-0.15, -0.1) is 0 Å². The van der Waals surface area contributed by atoms with E-state index in [0.717, 1.165) is 0 Å². The Kier molecular flexibility index (Phi) is 4.60. The third kappa shape index (κ3) is 3.71. The van der Waals surface area contributed by atoms with Crippen LogP contribution in [0.3, 0.4) is 0 Å². The van der Waals surface area contributed by atoms with E-state index in [4.69, 9.17) is 21.1 Å². The fraction of sp³-hybridized carbons (Fsp3) is 0.278. The van der Waals surface area contributed by atoms with Crippen LogP contribution in [-0.2, 0) is 9.47 Å². The van der Waals surface area contributed by atoms with Gasteiger partial charge < -0.3 is 9.47 Å². The first kappa shape index (κ1) is 17.5. The molecule has 130 valence electrons. The van der Waals surface area contributed by atoms with Gasteiger partial charge >= 0.3 is 0 Å². The van der Waals surface area contributed by atoms with Gasteiger partial charge in [-0.25, -0.2) is 0 Å². The van der Waals surface area contributed by atoms with Crippen LogP contribution in [0, 0.1) is 10.1 Å². The Bertz CT molecular complexity index is 801. The number of nitro groups is 1. The zero-order valence-corrected chi connectivity index (χ0v) is 14.4. The van der Waals surface area contributed by atoms with Crippen molar-refractivity contribution < 1.29 is 19.2 Å². The molecule has 0 bridgehead atoms. The van der Waals surface area contributed by atoms with Gasteiger partial charge in [-0.3, -0.25) is 14.9 Å². The molecular weight excluding hydrogens is 346 g/mol. The third-order valence-electron chi connectivity index (χ3n) is 3.92. The lowest BCUT2D eigenvalue weighted by atomic mass is 9.97. The van der Waals surface area contributed by atoms with Crippen molar-refractivity contribution >= 4 is 23.1 Å². The largest absolute Gasteiger partial charge is 0.339 e. The van der Waals surface area contributed by atoms with E-state index < -0.39 is 22.9 Å². The number of nitrogens with zero attached hydrogens (tertiary/aromatic N) is 1. The second-order valence-corrected chi connectivity index (χ2v) is 6.63. The smallest absolute Gasteiger partial charge is 0.269 e. The number of non-ortho nitro benzene ring substituents is 1. The Morgan fingerprint density at radius 1 is 1.08 bits per heavy atom. The summed E-state index contributed by atoms with van der Waals surface area (Å²) in [6.07, 6.45) is -1.50. The summed E-state index contributed by atoms with van der Waals surface area (Å²) in [5, 5.41) is 11.3. The summed E-state index contributed by atoms with van der Waals surface area (Å²) in [6, 6.07) is 12.5. The number of rotatable bonds is 4. The summed E-state index contributed by atoms with van der Waals surface area (Å²) < 4.78 is 11.7. The van der Waals surface area contributed by atoms with Gasteiger partial charge in [0.25, 0.3) is 5.69 Å². The lowest BCUT2D eigenvalue weighted by Crippen LogP contribution is -2.28. The van der Waals surface area contributed by atoms with E-state index in [0.29, 0.717) is 16.1 Å². The summed E-state index contributed by atoms with van der Waals surface area (Å²) in [7, 11) is 0. The zero-order chi connectivity index (χ0) is 18.2. The Balaban J connectivity index is 1.91. The molecule has 1 saturated heterocycles. The summed E-state index contributed by atoms with van der Waals surface area (Å²) >= 11 is 5.86. The van der Waals surface area contributed by atoms with Crippen LogP contribution < -0.4 is 0 Å². The summed E-state index contributed by atoms with van der Waals surface area (Å²) in [5.74, 6) is -1.18. The highest BCUT2D eigenvalue weighted by Gasteiger charge is 2.46. The number of benzene rings is 2. The minimum Gasteiger partial charge on any atom is -0.339 e. The summed E-state index contributed by atoms with van der Waals surface area (Å²) in [6.45, 7) is 3.45. The monoisotopic (exact) mass is 361 g/mol. The molecule has 3 rings (SSSR count). The van der Waals surface area contributed by atoms with Gasteiger partial charge in [0.2, 0.25) is 0 Å². The normalized spacial score (nSPS) is 21.9. The molecule has 0 unspecified atom stereocenters. The van der Waals surface area contributed by atoms with Crippen molar-refractivity contribution in [3.05, 3.63) is 74.8 Å². The first-order valence-electron chi connectivity index (χ1n) is 7.66. The molecule has 2 atom stereocenters. The number of ketones is 1. The molecule has 0 spiro atoms. The standard InChI is InChI=1S/C18H16ClNO5/c1-18(2)24-16(12-5-9-14(10-6-12)20(22)23)17(25-18)15(21)11-3-7-13(19)8-4-11/h3-10,16-17H,1-2H3/t16-,17+/m0/s1. The van der Waals surface area contributed by atoms with Gasteiger partial charge in [0.1, 0.15) is 6.10 Å². The van der Waals surface area contributed by atoms with Crippen LogP contribution in [0.5, 0.6) is 0 Å². The maximum atomic E-state index is 12.8. The number of nitro benzene ring substituents is 1. The molecule has 0 N–H and O–H groups in total. The summed E-state index contributed by atoms with van der Waals surface area (Å²) in [5.41, 5.74) is 1.08. The lowest BCUT2D eigenvalue weighted by Gasteiger charge is -2.16.